The first-order valence-corrected chi connectivity index (χ1v) is 10.6. The molecular formula is C25H19F3N2O5. The summed E-state index contributed by atoms with van der Waals surface area (Å²) in [5.74, 6) is -2.83. The standard InChI is InChI=1S/C25H19F3N2O5/c1-34-19-13-14(11-12-18(19)31)21-20-22(35-30(21)15-7-3-2-4-8-15)24(33)29(23(20)32)17-10-6-5-9-16(17)25(26,27)28/h2-13,20-22,31H,1H3/t20-,21+,22+/m1/s1. The van der Waals surface area contributed by atoms with Crippen molar-refractivity contribution >= 4 is 23.2 Å². The number of benzene rings is 3. The quantitative estimate of drug-likeness (QED) is 0.551. The largest absolute Gasteiger partial charge is 0.504 e. The van der Waals surface area contributed by atoms with Crippen molar-refractivity contribution in [3.63, 3.8) is 0 Å². The van der Waals surface area contributed by atoms with Gasteiger partial charge in [0.25, 0.3) is 5.91 Å². The van der Waals surface area contributed by atoms with Crippen molar-refractivity contribution in [1.29, 1.82) is 0 Å². The van der Waals surface area contributed by atoms with Gasteiger partial charge in [-0.25, -0.2) is 9.96 Å². The predicted octanol–water partition coefficient (Wildman–Crippen LogP) is 4.47. The van der Waals surface area contributed by atoms with Gasteiger partial charge in [0, 0.05) is 0 Å². The lowest BCUT2D eigenvalue weighted by molar-refractivity contribution is -0.137. The molecule has 2 saturated heterocycles. The number of halogens is 3. The third-order valence-corrected chi connectivity index (χ3v) is 6.12. The number of hydroxylamine groups is 1. The van der Waals surface area contributed by atoms with Gasteiger partial charge in [-0.1, -0.05) is 36.4 Å². The first kappa shape index (κ1) is 22.7. The number of hydrogen-bond donors (Lipinski definition) is 1. The van der Waals surface area contributed by atoms with Crippen molar-refractivity contribution < 1.29 is 37.4 Å². The number of carbonyl (C=O) groups excluding carboxylic acids is 2. The number of imide groups is 1. The highest BCUT2D eigenvalue weighted by Gasteiger charge is 2.61. The van der Waals surface area contributed by atoms with E-state index in [-0.39, 0.29) is 11.5 Å². The van der Waals surface area contributed by atoms with Crippen LogP contribution in [0.5, 0.6) is 11.5 Å². The molecule has 2 fully saturated rings. The van der Waals surface area contributed by atoms with E-state index < -0.39 is 47.3 Å². The molecule has 10 heteroatoms. The minimum Gasteiger partial charge on any atom is -0.504 e. The minimum atomic E-state index is -4.77. The Hall–Kier alpha value is -4.05. The van der Waals surface area contributed by atoms with Crippen molar-refractivity contribution in [2.24, 2.45) is 5.92 Å². The van der Waals surface area contributed by atoms with Crippen LogP contribution in [0.4, 0.5) is 24.5 Å². The van der Waals surface area contributed by atoms with Crippen molar-refractivity contribution in [1.82, 2.24) is 0 Å². The molecule has 1 N–H and O–H groups in total. The Labute approximate surface area is 197 Å². The summed E-state index contributed by atoms with van der Waals surface area (Å²) >= 11 is 0. The van der Waals surface area contributed by atoms with Gasteiger partial charge in [0.05, 0.1) is 30.1 Å². The molecule has 0 unspecified atom stereocenters. The number of carbonyl (C=O) groups is 2. The summed E-state index contributed by atoms with van der Waals surface area (Å²) in [7, 11) is 1.36. The fourth-order valence-electron chi connectivity index (χ4n) is 4.58. The van der Waals surface area contributed by atoms with E-state index in [1.54, 1.807) is 36.4 Å². The van der Waals surface area contributed by atoms with Crippen molar-refractivity contribution in [2.75, 3.05) is 17.1 Å². The van der Waals surface area contributed by atoms with E-state index in [0.29, 0.717) is 16.2 Å². The Morgan fingerprint density at radius 1 is 0.943 bits per heavy atom. The number of rotatable bonds is 4. The lowest BCUT2D eigenvalue weighted by Gasteiger charge is -2.29. The second-order valence-corrected chi connectivity index (χ2v) is 8.12. The molecule has 7 nitrogen and oxygen atoms in total. The maximum Gasteiger partial charge on any atom is 0.418 e. The van der Waals surface area contributed by atoms with Gasteiger partial charge < -0.3 is 9.84 Å². The fourth-order valence-corrected chi connectivity index (χ4v) is 4.58. The zero-order chi connectivity index (χ0) is 24.9. The SMILES string of the molecule is COc1cc([C@H]2[C@H]3C(=O)N(c4ccccc4C(F)(F)F)C(=O)[C@H]3ON2c2ccccc2)ccc1O. The number of anilines is 2. The molecule has 0 spiro atoms. The van der Waals surface area contributed by atoms with Crippen LogP contribution in [0, 0.1) is 5.92 Å². The number of aromatic hydroxyl groups is 1. The number of para-hydroxylation sites is 2. The molecule has 2 aliphatic heterocycles. The van der Waals surface area contributed by atoms with Crippen LogP contribution in [-0.2, 0) is 20.6 Å². The summed E-state index contributed by atoms with van der Waals surface area (Å²) < 4.78 is 46.2. The van der Waals surface area contributed by atoms with Crippen LogP contribution in [0.3, 0.4) is 0 Å². The molecule has 5 rings (SSSR count). The second kappa shape index (κ2) is 8.31. The van der Waals surface area contributed by atoms with E-state index in [9.17, 15) is 27.9 Å². The highest BCUT2D eigenvalue weighted by atomic mass is 19.4. The van der Waals surface area contributed by atoms with Gasteiger partial charge in [0.1, 0.15) is 5.92 Å². The zero-order valence-electron chi connectivity index (χ0n) is 18.3. The molecule has 0 aromatic heterocycles. The monoisotopic (exact) mass is 484 g/mol. The molecule has 3 atom stereocenters. The van der Waals surface area contributed by atoms with Crippen LogP contribution in [0.1, 0.15) is 17.2 Å². The Bertz CT molecular complexity index is 1300. The summed E-state index contributed by atoms with van der Waals surface area (Å²) in [5.41, 5.74) is -0.615. The summed E-state index contributed by atoms with van der Waals surface area (Å²) in [6.45, 7) is 0. The number of nitrogens with zero attached hydrogens (tertiary/aromatic N) is 2. The van der Waals surface area contributed by atoms with Gasteiger partial charge in [-0.3, -0.25) is 14.4 Å². The Balaban J connectivity index is 1.62. The maximum absolute atomic E-state index is 13.7. The molecule has 180 valence electrons. The van der Waals surface area contributed by atoms with Crippen molar-refractivity contribution in [3.8, 4) is 11.5 Å². The first-order valence-electron chi connectivity index (χ1n) is 10.6. The molecule has 2 amide bonds. The summed E-state index contributed by atoms with van der Waals surface area (Å²) in [5, 5.41) is 11.4. The number of hydrogen-bond acceptors (Lipinski definition) is 6. The molecule has 0 radical (unpaired) electrons. The summed E-state index contributed by atoms with van der Waals surface area (Å²) in [6, 6.07) is 16.7. The summed E-state index contributed by atoms with van der Waals surface area (Å²) in [4.78, 5) is 33.4. The molecule has 3 aromatic carbocycles. The molecule has 3 aromatic rings. The van der Waals surface area contributed by atoms with Crippen LogP contribution < -0.4 is 14.7 Å². The number of methoxy groups -OCH3 is 1. The topological polar surface area (TPSA) is 79.3 Å². The predicted molar refractivity (Wildman–Crippen MR) is 119 cm³/mol. The molecular weight excluding hydrogens is 465 g/mol. The number of alkyl halides is 3. The number of phenolic OH excluding ortho intramolecular Hbond substituents is 1. The smallest absolute Gasteiger partial charge is 0.418 e. The van der Waals surface area contributed by atoms with Crippen LogP contribution in [0.2, 0.25) is 0 Å². The number of fused-ring (bicyclic) bond motifs is 1. The lowest BCUT2D eigenvalue weighted by atomic mass is 9.90. The molecule has 0 saturated carbocycles. The van der Waals surface area contributed by atoms with E-state index in [1.807, 2.05) is 0 Å². The van der Waals surface area contributed by atoms with Gasteiger partial charge in [-0.05, 0) is 42.0 Å². The number of phenols is 1. The number of ether oxygens (including phenoxy) is 1. The summed E-state index contributed by atoms with van der Waals surface area (Å²) in [6.07, 6.45) is -6.11. The highest BCUT2D eigenvalue weighted by molar-refractivity contribution is 6.24. The fraction of sp³-hybridized carbons (Fsp3) is 0.200. The van der Waals surface area contributed by atoms with E-state index >= 15 is 0 Å². The van der Waals surface area contributed by atoms with Gasteiger partial charge in [0.15, 0.2) is 17.6 Å². The van der Waals surface area contributed by atoms with E-state index in [4.69, 9.17) is 9.57 Å². The normalized spacial score (nSPS) is 22.0. The van der Waals surface area contributed by atoms with Gasteiger partial charge in [0.2, 0.25) is 5.91 Å². The second-order valence-electron chi connectivity index (χ2n) is 8.12. The molecule has 2 heterocycles. The van der Waals surface area contributed by atoms with E-state index in [1.165, 1.54) is 36.4 Å². The van der Waals surface area contributed by atoms with Crippen molar-refractivity contribution in [2.45, 2.75) is 18.3 Å². The Morgan fingerprint density at radius 3 is 2.31 bits per heavy atom. The molecule has 35 heavy (non-hydrogen) atoms. The van der Waals surface area contributed by atoms with Crippen LogP contribution in [-0.4, -0.2) is 30.1 Å². The minimum absolute atomic E-state index is 0.132. The Kier molecular flexibility index (Phi) is 5.40. The third-order valence-electron chi connectivity index (χ3n) is 6.12. The average molecular weight is 484 g/mol. The highest BCUT2D eigenvalue weighted by Crippen LogP contribution is 2.49. The van der Waals surface area contributed by atoms with E-state index in [0.717, 1.165) is 12.1 Å². The van der Waals surface area contributed by atoms with Gasteiger partial charge in [-0.15, -0.1) is 0 Å². The van der Waals surface area contributed by atoms with Crippen molar-refractivity contribution in [3.05, 3.63) is 83.9 Å². The lowest BCUT2D eigenvalue weighted by Crippen LogP contribution is -2.38. The first-order chi connectivity index (χ1) is 16.7. The molecule has 0 aliphatic carbocycles. The molecule has 2 aliphatic rings. The number of amides is 2. The van der Waals surface area contributed by atoms with E-state index in [2.05, 4.69) is 0 Å². The van der Waals surface area contributed by atoms with Crippen LogP contribution in [0.15, 0.2) is 72.8 Å². The van der Waals surface area contributed by atoms with Gasteiger partial charge >= 0.3 is 6.18 Å². The third kappa shape index (κ3) is 3.66. The van der Waals surface area contributed by atoms with Gasteiger partial charge in [-0.2, -0.15) is 13.2 Å². The van der Waals surface area contributed by atoms with Crippen LogP contribution >= 0.6 is 0 Å². The van der Waals surface area contributed by atoms with Crippen LogP contribution in [0.25, 0.3) is 0 Å². The Morgan fingerprint density at radius 2 is 1.63 bits per heavy atom. The zero-order valence-corrected chi connectivity index (χ0v) is 18.3. The molecule has 0 bridgehead atoms. The average Bonchev–Trinajstić information content (AvgIpc) is 3.35. The maximum atomic E-state index is 13.7.